The second-order valence-electron chi connectivity index (χ2n) is 5.95. The maximum absolute atomic E-state index is 12.1. The summed E-state index contributed by atoms with van der Waals surface area (Å²) in [5.74, 6) is -0.651. The number of benzene rings is 1. The number of hydrogen-bond donors (Lipinski definition) is 2. The van der Waals surface area contributed by atoms with Crippen LogP contribution in [-0.2, 0) is 9.53 Å². The summed E-state index contributed by atoms with van der Waals surface area (Å²) < 4.78 is 10.4. The van der Waals surface area contributed by atoms with Gasteiger partial charge in [-0.3, -0.25) is 10.1 Å². The molecule has 2 rings (SSSR count). The molecule has 1 saturated carbocycles. The van der Waals surface area contributed by atoms with Crippen molar-refractivity contribution in [3.8, 4) is 5.75 Å². The second kappa shape index (κ2) is 9.05. The molecule has 0 radical (unpaired) electrons. The molecule has 7 nitrogen and oxygen atoms in total. The van der Waals surface area contributed by atoms with E-state index in [0.29, 0.717) is 11.3 Å². The van der Waals surface area contributed by atoms with E-state index in [2.05, 4.69) is 10.6 Å². The molecule has 1 atom stereocenters. The van der Waals surface area contributed by atoms with Gasteiger partial charge in [-0.15, -0.1) is 0 Å². The van der Waals surface area contributed by atoms with Crippen LogP contribution in [0.2, 0.25) is 0 Å². The van der Waals surface area contributed by atoms with E-state index >= 15 is 0 Å². The third-order valence-electron chi connectivity index (χ3n) is 3.95. The zero-order valence-corrected chi connectivity index (χ0v) is 14.5. The van der Waals surface area contributed by atoms with Crippen molar-refractivity contribution in [3.05, 3.63) is 29.8 Å². The molecule has 0 aromatic heterocycles. The number of rotatable bonds is 6. The van der Waals surface area contributed by atoms with Crippen LogP contribution in [0.4, 0.5) is 4.79 Å². The fourth-order valence-electron chi connectivity index (χ4n) is 2.67. The van der Waals surface area contributed by atoms with Gasteiger partial charge in [0, 0.05) is 6.04 Å². The Morgan fingerprint density at radius 1 is 1.24 bits per heavy atom. The van der Waals surface area contributed by atoms with Gasteiger partial charge in [-0.25, -0.2) is 9.59 Å². The van der Waals surface area contributed by atoms with Crippen LogP contribution in [0.3, 0.4) is 0 Å². The number of nitrogens with one attached hydrogen (secondary N) is 2. The summed E-state index contributed by atoms with van der Waals surface area (Å²) in [5.41, 5.74) is 0.339. The molecular weight excluding hydrogens is 324 g/mol. The molecule has 7 heteroatoms. The highest BCUT2D eigenvalue weighted by molar-refractivity contribution is 5.96. The average molecular weight is 348 g/mol. The van der Waals surface area contributed by atoms with Crippen molar-refractivity contribution < 1.29 is 23.9 Å². The Labute approximate surface area is 147 Å². The first-order valence-electron chi connectivity index (χ1n) is 8.54. The van der Waals surface area contributed by atoms with Gasteiger partial charge in [-0.05, 0) is 44.9 Å². The first-order valence-corrected chi connectivity index (χ1v) is 8.54. The molecule has 1 aromatic carbocycles. The molecular formula is C18H24N2O5. The van der Waals surface area contributed by atoms with Gasteiger partial charge in [-0.2, -0.15) is 0 Å². The van der Waals surface area contributed by atoms with Crippen LogP contribution in [0.25, 0.3) is 0 Å². The maximum Gasteiger partial charge on any atom is 0.338 e. The predicted molar refractivity (Wildman–Crippen MR) is 91.4 cm³/mol. The minimum absolute atomic E-state index is 0.130. The van der Waals surface area contributed by atoms with Crippen LogP contribution in [0.15, 0.2) is 24.3 Å². The van der Waals surface area contributed by atoms with Gasteiger partial charge >= 0.3 is 12.0 Å². The van der Waals surface area contributed by atoms with Gasteiger partial charge in [0.15, 0.2) is 6.10 Å². The lowest BCUT2D eigenvalue weighted by molar-refractivity contribution is -0.126. The van der Waals surface area contributed by atoms with Gasteiger partial charge in [0.2, 0.25) is 0 Å². The fourth-order valence-corrected chi connectivity index (χ4v) is 2.67. The van der Waals surface area contributed by atoms with Gasteiger partial charge in [-0.1, -0.05) is 18.9 Å². The van der Waals surface area contributed by atoms with E-state index in [4.69, 9.17) is 9.47 Å². The summed E-state index contributed by atoms with van der Waals surface area (Å²) in [5, 5.41) is 5.06. The van der Waals surface area contributed by atoms with E-state index in [-0.39, 0.29) is 12.6 Å². The molecule has 0 aliphatic heterocycles. The van der Waals surface area contributed by atoms with Crippen LogP contribution in [-0.4, -0.2) is 36.7 Å². The first-order chi connectivity index (χ1) is 12.0. The van der Waals surface area contributed by atoms with Crippen LogP contribution >= 0.6 is 0 Å². The molecule has 1 aromatic rings. The van der Waals surface area contributed by atoms with Crippen molar-refractivity contribution in [1.29, 1.82) is 0 Å². The van der Waals surface area contributed by atoms with Gasteiger partial charge in [0.1, 0.15) is 5.75 Å². The molecule has 3 amide bonds. The van der Waals surface area contributed by atoms with Gasteiger partial charge in [0.05, 0.1) is 12.2 Å². The van der Waals surface area contributed by atoms with Crippen molar-refractivity contribution in [2.45, 2.75) is 51.7 Å². The molecule has 0 saturated heterocycles. The standard InChI is InChI=1S/C18H24N2O5/c1-3-24-17(22)13-7-6-10-15(11-13)25-12(2)16(21)20-18(23)19-14-8-4-5-9-14/h6-7,10-12,14H,3-5,8-9H2,1-2H3,(H2,19,20,21,23)/t12-/m1/s1. The number of carbonyl (C=O) groups excluding carboxylic acids is 3. The maximum atomic E-state index is 12.1. The number of imide groups is 1. The minimum Gasteiger partial charge on any atom is -0.481 e. The van der Waals surface area contributed by atoms with Crippen molar-refractivity contribution in [2.24, 2.45) is 0 Å². The van der Waals surface area contributed by atoms with Crippen LogP contribution in [0.1, 0.15) is 49.9 Å². The van der Waals surface area contributed by atoms with E-state index in [1.807, 2.05) is 0 Å². The Balaban J connectivity index is 1.86. The molecule has 0 spiro atoms. The molecule has 0 heterocycles. The van der Waals surface area contributed by atoms with E-state index in [9.17, 15) is 14.4 Å². The lowest BCUT2D eigenvalue weighted by Gasteiger charge is -2.16. The van der Waals surface area contributed by atoms with Gasteiger partial charge < -0.3 is 14.8 Å². The quantitative estimate of drug-likeness (QED) is 0.770. The lowest BCUT2D eigenvalue weighted by Crippen LogP contribution is -2.47. The Hall–Kier alpha value is -2.57. The Kier molecular flexibility index (Phi) is 6.80. The van der Waals surface area contributed by atoms with Crippen LogP contribution in [0, 0.1) is 0 Å². The van der Waals surface area contributed by atoms with Crippen molar-refractivity contribution >= 4 is 17.9 Å². The summed E-state index contributed by atoms with van der Waals surface area (Å²) in [6.07, 6.45) is 3.18. The molecule has 136 valence electrons. The summed E-state index contributed by atoms with van der Waals surface area (Å²) in [7, 11) is 0. The molecule has 1 fully saturated rings. The molecule has 1 aliphatic rings. The predicted octanol–water partition coefficient (Wildman–Crippen LogP) is 2.40. The van der Waals surface area contributed by atoms with Crippen molar-refractivity contribution in [3.63, 3.8) is 0 Å². The molecule has 1 aliphatic carbocycles. The Morgan fingerprint density at radius 2 is 1.96 bits per heavy atom. The zero-order chi connectivity index (χ0) is 18.2. The number of carbonyl (C=O) groups is 3. The number of urea groups is 1. The molecule has 0 unspecified atom stereocenters. The molecule has 25 heavy (non-hydrogen) atoms. The van der Waals surface area contributed by atoms with Crippen LogP contribution < -0.4 is 15.4 Å². The summed E-state index contributed by atoms with van der Waals surface area (Å²) in [4.78, 5) is 35.6. The third kappa shape index (κ3) is 5.77. The SMILES string of the molecule is CCOC(=O)c1cccc(O[C@H](C)C(=O)NC(=O)NC2CCCC2)c1. The molecule has 2 N–H and O–H groups in total. The Bertz CT molecular complexity index is 626. The van der Waals surface area contributed by atoms with E-state index in [1.54, 1.807) is 25.1 Å². The highest BCUT2D eigenvalue weighted by atomic mass is 16.5. The zero-order valence-electron chi connectivity index (χ0n) is 14.5. The highest BCUT2D eigenvalue weighted by Gasteiger charge is 2.21. The average Bonchev–Trinajstić information content (AvgIpc) is 3.08. The van der Waals surface area contributed by atoms with Crippen molar-refractivity contribution in [2.75, 3.05) is 6.61 Å². The molecule has 0 bridgehead atoms. The topological polar surface area (TPSA) is 93.7 Å². The van der Waals surface area contributed by atoms with E-state index in [1.165, 1.54) is 13.0 Å². The van der Waals surface area contributed by atoms with E-state index < -0.39 is 24.0 Å². The largest absolute Gasteiger partial charge is 0.481 e. The monoisotopic (exact) mass is 348 g/mol. The number of ether oxygens (including phenoxy) is 2. The smallest absolute Gasteiger partial charge is 0.338 e. The lowest BCUT2D eigenvalue weighted by atomic mass is 10.2. The summed E-state index contributed by atoms with van der Waals surface area (Å²) in [6.45, 7) is 3.54. The number of amides is 3. The normalized spacial score (nSPS) is 15.3. The number of hydrogen-bond acceptors (Lipinski definition) is 5. The second-order valence-corrected chi connectivity index (χ2v) is 5.95. The minimum atomic E-state index is -0.883. The number of esters is 1. The van der Waals surface area contributed by atoms with Crippen LogP contribution in [0.5, 0.6) is 5.75 Å². The fraction of sp³-hybridized carbons (Fsp3) is 0.500. The first kappa shape index (κ1) is 18.8. The summed E-state index contributed by atoms with van der Waals surface area (Å²) in [6, 6.07) is 5.99. The summed E-state index contributed by atoms with van der Waals surface area (Å²) >= 11 is 0. The van der Waals surface area contributed by atoms with E-state index in [0.717, 1.165) is 25.7 Å². The third-order valence-corrected chi connectivity index (χ3v) is 3.95. The van der Waals surface area contributed by atoms with Crippen molar-refractivity contribution in [1.82, 2.24) is 10.6 Å². The van der Waals surface area contributed by atoms with Gasteiger partial charge in [0.25, 0.3) is 5.91 Å². The highest BCUT2D eigenvalue weighted by Crippen LogP contribution is 2.18. The Morgan fingerprint density at radius 3 is 2.64 bits per heavy atom.